The fourth-order valence-corrected chi connectivity index (χ4v) is 3.00. The molecule has 1 aliphatic heterocycles. The van der Waals surface area contributed by atoms with E-state index >= 15 is 0 Å². The van der Waals surface area contributed by atoms with Crippen molar-refractivity contribution in [3.8, 4) is 0 Å². The number of nitrogens with zero attached hydrogens (tertiary/aromatic N) is 2. The van der Waals surface area contributed by atoms with E-state index in [4.69, 9.17) is 0 Å². The van der Waals surface area contributed by atoms with Crippen LogP contribution in [0.3, 0.4) is 0 Å². The third-order valence-electron chi connectivity index (χ3n) is 2.89. The second-order valence-electron chi connectivity index (χ2n) is 4.79. The molecule has 0 bridgehead atoms. The maximum atomic E-state index is 11.8. The Morgan fingerprint density at radius 2 is 2.12 bits per heavy atom. The van der Waals surface area contributed by atoms with Crippen molar-refractivity contribution in [2.75, 3.05) is 25.4 Å². The SMILES string of the molecule is CCN(CC)C(=O)CN=C1NC(C)(C)CCS1. The summed E-state index contributed by atoms with van der Waals surface area (Å²) in [4.78, 5) is 18.0. The largest absolute Gasteiger partial charge is 0.360 e. The summed E-state index contributed by atoms with van der Waals surface area (Å²) in [6.45, 7) is 10.1. The summed E-state index contributed by atoms with van der Waals surface area (Å²) in [6, 6.07) is 0. The molecule has 98 valence electrons. The Balaban J connectivity index is 2.50. The monoisotopic (exact) mass is 257 g/mol. The lowest BCUT2D eigenvalue weighted by atomic mass is 10.0. The normalized spacial score (nSPS) is 21.1. The highest BCUT2D eigenvalue weighted by Crippen LogP contribution is 2.21. The lowest BCUT2D eigenvalue weighted by Crippen LogP contribution is -2.46. The zero-order valence-electron chi connectivity index (χ0n) is 11.2. The molecule has 1 saturated heterocycles. The first-order chi connectivity index (χ1) is 7.98. The topological polar surface area (TPSA) is 44.7 Å². The quantitative estimate of drug-likeness (QED) is 0.834. The van der Waals surface area contributed by atoms with E-state index in [9.17, 15) is 4.79 Å². The van der Waals surface area contributed by atoms with Crippen molar-refractivity contribution in [2.45, 2.75) is 39.7 Å². The molecular weight excluding hydrogens is 234 g/mol. The number of carbonyl (C=O) groups is 1. The van der Waals surface area contributed by atoms with Gasteiger partial charge in [-0.05, 0) is 34.1 Å². The number of thioether (sulfide) groups is 1. The van der Waals surface area contributed by atoms with Crippen molar-refractivity contribution in [1.82, 2.24) is 10.2 Å². The summed E-state index contributed by atoms with van der Waals surface area (Å²) in [5, 5.41) is 4.27. The van der Waals surface area contributed by atoms with Gasteiger partial charge in [-0.3, -0.25) is 9.79 Å². The molecule has 1 N–H and O–H groups in total. The fraction of sp³-hybridized carbons (Fsp3) is 0.833. The summed E-state index contributed by atoms with van der Waals surface area (Å²) in [5.74, 6) is 1.17. The van der Waals surface area contributed by atoms with Crippen molar-refractivity contribution in [3.05, 3.63) is 0 Å². The number of carbonyl (C=O) groups excluding carboxylic acids is 1. The van der Waals surface area contributed by atoms with Crippen molar-refractivity contribution < 1.29 is 4.79 Å². The first-order valence-electron chi connectivity index (χ1n) is 6.21. The average molecular weight is 257 g/mol. The molecule has 0 aromatic carbocycles. The third kappa shape index (κ3) is 4.58. The molecule has 1 amide bonds. The Morgan fingerprint density at radius 1 is 1.47 bits per heavy atom. The molecule has 0 atom stereocenters. The third-order valence-corrected chi connectivity index (χ3v) is 3.80. The summed E-state index contributed by atoms with van der Waals surface area (Å²) in [6.07, 6.45) is 1.13. The lowest BCUT2D eigenvalue weighted by molar-refractivity contribution is -0.129. The number of rotatable bonds is 4. The van der Waals surface area contributed by atoms with Crippen LogP contribution >= 0.6 is 11.8 Å². The molecule has 0 saturated carbocycles. The van der Waals surface area contributed by atoms with Crippen molar-refractivity contribution in [3.63, 3.8) is 0 Å². The van der Waals surface area contributed by atoms with E-state index in [0.717, 1.165) is 30.4 Å². The predicted octanol–water partition coefficient (Wildman–Crippen LogP) is 1.72. The molecule has 0 aromatic rings. The fourth-order valence-electron chi connectivity index (χ4n) is 1.69. The number of amides is 1. The van der Waals surface area contributed by atoms with Crippen LogP contribution in [0.2, 0.25) is 0 Å². The van der Waals surface area contributed by atoms with Gasteiger partial charge in [-0.2, -0.15) is 0 Å². The zero-order valence-corrected chi connectivity index (χ0v) is 12.1. The van der Waals surface area contributed by atoms with Gasteiger partial charge in [-0.15, -0.1) is 0 Å². The van der Waals surface area contributed by atoms with Gasteiger partial charge in [0, 0.05) is 24.4 Å². The number of nitrogens with one attached hydrogen (secondary N) is 1. The first-order valence-corrected chi connectivity index (χ1v) is 7.20. The highest BCUT2D eigenvalue weighted by atomic mass is 32.2. The van der Waals surface area contributed by atoms with Crippen LogP contribution < -0.4 is 5.32 Å². The van der Waals surface area contributed by atoms with E-state index < -0.39 is 0 Å². The number of likely N-dealkylation sites (N-methyl/N-ethyl adjacent to an activating group) is 1. The van der Waals surface area contributed by atoms with Crippen molar-refractivity contribution >= 4 is 22.8 Å². The Labute approximate surface area is 108 Å². The molecule has 1 heterocycles. The van der Waals surface area contributed by atoms with Gasteiger partial charge in [0.15, 0.2) is 5.17 Å². The summed E-state index contributed by atoms with van der Waals surface area (Å²) >= 11 is 1.70. The van der Waals surface area contributed by atoms with Gasteiger partial charge in [0.25, 0.3) is 0 Å². The molecule has 1 aliphatic rings. The van der Waals surface area contributed by atoms with Crippen molar-refractivity contribution in [2.24, 2.45) is 4.99 Å². The Bertz CT molecular complexity index is 298. The number of hydrogen-bond acceptors (Lipinski definition) is 3. The molecule has 0 spiro atoms. The number of hydrogen-bond donors (Lipinski definition) is 1. The maximum absolute atomic E-state index is 11.8. The predicted molar refractivity (Wildman–Crippen MR) is 74.5 cm³/mol. The van der Waals surface area contributed by atoms with Crippen LogP contribution in [-0.4, -0.2) is 46.9 Å². The summed E-state index contributed by atoms with van der Waals surface area (Å²) in [5.41, 5.74) is 0.0995. The Kier molecular flexibility index (Phi) is 5.31. The molecule has 0 radical (unpaired) electrons. The second-order valence-corrected chi connectivity index (χ2v) is 5.88. The smallest absolute Gasteiger partial charge is 0.244 e. The molecule has 1 rings (SSSR count). The van der Waals surface area contributed by atoms with E-state index in [2.05, 4.69) is 24.2 Å². The Hall–Kier alpha value is -0.710. The molecule has 0 aliphatic carbocycles. The van der Waals surface area contributed by atoms with Gasteiger partial charge < -0.3 is 10.2 Å². The van der Waals surface area contributed by atoms with E-state index in [1.807, 2.05) is 18.7 Å². The average Bonchev–Trinajstić information content (AvgIpc) is 2.27. The van der Waals surface area contributed by atoms with Gasteiger partial charge in [0.1, 0.15) is 6.54 Å². The van der Waals surface area contributed by atoms with Crippen LogP contribution in [0.25, 0.3) is 0 Å². The van der Waals surface area contributed by atoms with E-state index in [0.29, 0.717) is 0 Å². The van der Waals surface area contributed by atoms with Gasteiger partial charge in [0.2, 0.25) is 5.91 Å². The van der Waals surface area contributed by atoms with E-state index in [1.54, 1.807) is 11.8 Å². The zero-order chi connectivity index (χ0) is 12.9. The van der Waals surface area contributed by atoms with Gasteiger partial charge in [-0.25, -0.2) is 0 Å². The molecule has 17 heavy (non-hydrogen) atoms. The number of aliphatic imine (C=N–C) groups is 1. The molecule has 5 heteroatoms. The minimum Gasteiger partial charge on any atom is -0.360 e. The minimum atomic E-state index is 0.0995. The maximum Gasteiger partial charge on any atom is 0.244 e. The lowest BCUT2D eigenvalue weighted by Gasteiger charge is -2.32. The van der Waals surface area contributed by atoms with E-state index in [1.165, 1.54) is 0 Å². The van der Waals surface area contributed by atoms with Crippen LogP contribution in [0.4, 0.5) is 0 Å². The van der Waals surface area contributed by atoms with Gasteiger partial charge in [-0.1, -0.05) is 11.8 Å². The molecule has 0 unspecified atom stereocenters. The van der Waals surface area contributed by atoms with Crippen LogP contribution in [0.5, 0.6) is 0 Å². The summed E-state index contributed by atoms with van der Waals surface area (Å²) in [7, 11) is 0. The highest BCUT2D eigenvalue weighted by Gasteiger charge is 2.24. The van der Waals surface area contributed by atoms with Crippen molar-refractivity contribution in [1.29, 1.82) is 0 Å². The number of amidine groups is 1. The van der Waals surface area contributed by atoms with Gasteiger partial charge in [0.05, 0.1) is 0 Å². The van der Waals surface area contributed by atoms with Crippen LogP contribution in [-0.2, 0) is 4.79 Å². The minimum absolute atomic E-state index is 0.0995. The van der Waals surface area contributed by atoms with Crippen LogP contribution in [0, 0.1) is 0 Å². The Morgan fingerprint density at radius 3 is 2.65 bits per heavy atom. The first kappa shape index (κ1) is 14.4. The summed E-state index contributed by atoms with van der Waals surface area (Å²) < 4.78 is 0. The van der Waals surface area contributed by atoms with Gasteiger partial charge >= 0.3 is 0 Å². The van der Waals surface area contributed by atoms with Crippen LogP contribution in [0.1, 0.15) is 34.1 Å². The standard InChI is InChI=1S/C12H23N3OS/c1-5-15(6-2)10(16)9-13-11-14-12(3,4)7-8-17-11/h5-9H2,1-4H3,(H,13,14). The molecular formula is C12H23N3OS. The van der Waals surface area contributed by atoms with E-state index in [-0.39, 0.29) is 18.0 Å². The molecule has 1 fully saturated rings. The van der Waals surface area contributed by atoms with Crippen LogP contribution in [0.15, 0.2) is 4.99 Å². The molecule has 4 nitrogen and oxygen atoms in total. The molecule has 0 aromatic heterocycles. The second kappa shape index (κ2) is 6.28. The highest BCUT2D eigenvalue weighted by molar-refractivity contribution is 8.13.